The Morgan fingerprint density at radius 3 is 2.89 bits per heavy atom. The van der Waals surface area contributed by atoms with Crippen LogP contribution in [0, 0.1) is 0 Å². The van der Waals surface area contributed by atoms with E-state index in [0.717, 1.165) is 0 Å². The van der Waals surface area contributed by atoms with Crippen molar-refractivity contribution in [1.29, 1.82) is 0 Å². The fourth-order valence-corrected chi connectivity index (χ4v) is 2.37. The third-order valence-electron chi connectivity index (χ3n) is 2.33. The quantitative estimate of drug-likeness (QED) is 0.755. The molecule has 8 nitrogen and oxygen atoms in total. The van der Waals surface area contributed by atoms with Gasteiger partial charge in [-0.3, -0.25) is 4.98 Å². The number of hydrogen-bond donors (Lipinski definition) is 2. The Bertz CT molecular complexity index is 651. The highest BCUT2D eigenvalue weighted by molar-refractivity contribution is 7.89. The maximum absolute atomic E-state index is 12.0. The predicted octanol–water partition coefficient (Wildman–Crippen LogP) is -0.729. The molecule has 2 heterocycles. The monoisotopic (exact) mass is 268 g/mol. The molecule has 2 aromatic heterocycles. The number of anilines is 1. The highest BCUT2D eigenvalue weighted by Crippen LogP contribution is 2.15. The largest absolute Gasteiger partial charge is 0.398 e. The highest BCUT2D eigenvalue weighted by atomic mass is 32.2. The number of aromatic nitrogens is 4. The van der Waals surface area contributed by atoms with E-state index in [0.29, 0.717) is 5.82 Å². The molecule has 18 heavy (non-hydrogen) atoms. The first-order valence-corrected chi connectivity index (χ1v) is 6.51. The second-order valence-corrected chi connectivity index (χ2v) is 5.33. The number of aryl methyl sites for hydroxylation is 1. The van der Waals surface area contributed by atoms with Gasteiger partial charge in [0.2, 0.25) is 10.0 Å². The van der Waals surface area contributed by atoms with E-state index in [9.17, 15) is 8.42 Å². The maximum atomic E-state index is 12.0. The molecule has 0 aliphatic heterocycles. The van der Waals surface area contributed by atoms with E-state index in [1.807, 2.05) is 0 Å². The average molecular weight is 268 g/mol. The number of rotatable bonds is 4. The summed E-state index contributed by atoms with van der Waals surface area (Å²) < 4.78 is 28.0. The van der Waals surface area contributed by atoms with Crippen molar-refractivity contribution in [3.05, 3.63) is 30.6 Å². The molecule has 0 atom stereocenters. The molecular weight excluding hydrogens is 256 g/mol. The van der Waals surface area contributed by atoms with Crippen molar-refractivity contribution < 1.29 is 8.42 Å². The number of nitrogen functional groups attached to an aromatic ring is 1. The summed E-state index contributed by atoms with van der Waals surface area (Å²) >= 11 is 0. The molecule has 0 aliphatic rings. The predicted molar refractivity (Wildman–Crippen MR) is 63.7 cm³/mol. The summed E-state index contributed by atoms with van der Waals surface area (Å²) in [4.78, 5) is 3.69. The zero-order valence-corrected chi connectivity index (χ0v) is 10.4. The molecule has 0 amide bonds. The SMILES string of the molecule is Cn1cnnc1CNS(=O)(=O)c1cnccc1N. The van der Waals surface area contributed by atoms with Gasteiger partial charge >= 0.3 is 0 Å². The van der Waals surface area contributed by atoms with Gasteiger partial charge in [-0.15, -0.1) is 10.2 Å². The van der Waals surface area contributed by atoms with Crippen LogP contribution in [0.4, 0.5) is 5.69 Å². The first kappa shape index (κ1) is 12.5. The van der Waals surface area contributed by atoms with E-state index in [-0.39, 0.29) is 17.1 Å². The molecule has 3 N–H and O–H groups in total. The summed E-state index contributed by atoms with van der Waals surface area (Å²) in [5, 5.41) is 7.43. The number of pyridine rings is 1. The van der Waals surface area contributed by atoms with Gasteiger partial charge in [0.15, 0.2) is 0 Å². The minimum atomic E-state index is -3.70. The van der Waals surface area contributed by atoms with Crippen LogP contribution >= 0.6 is 0 Å². The van der Waals surface area contributed by atoms with E-state index in [2.05, 4.69) is 19.9 Å². The molecule has 96 valence electrons. The number of nitrogens with one attached hydrogen (secondary N) is 1. The lowest BCUT2D eigenvalue weighted by Crippen LogP contribution is -2.25. The summed E-state index contributed by atoms with van der Waals surface area (Å²) in [6.45, 7) is 0.0349. The van der Waals surface area contributed by atoms with Crippen molar-refractivity contribution in [2.45, 2.75) is 11.4 Å². The fourth-order valence-electron chi connectivity index (χ4n) is 1.32. The smallest absolute Gasteiger partial charge is 0.244 e. The van der Waals surface area contributed by atoms with Gasteiger partial charge in [-0.1, -0.05) is 0 Å². The average Bonchev–Trinajstić information content (AvgIpc) is 2.73. The Morgan fingerprint density at radius 2 is 2.28 bits per heavy atom. The summed E-state index contributed by atoms with van der Waals surface area (Å²) in [7, 11) is -1.98. The van der Waals surface area contributed by atoms with Gasteiger partial charge in [-0.2, -0.15) is 0 Å². The fraction of sp³-hybridized carbons (Fsp3) is 0.222. The molecule has 0 bridgehead atoms. The summed E-state index contributed by atoms with van der Waals surface area (Å²) in [5.74, 6) is 0.501. The lowest BCUT2D eigenvalue weighted by Gasteiger charge is -2.07. The van der Waals surface area contributed by atoms with E-state index in [1.54, 1.807) is 11.6 Å². The molecule has 0 saturated carbocycles. The minimum Gasteiger partial charge on any atom is -0.398 e. The summed E-state index contributed by atoms with van der Waals surface area (Å²) in [5.41, 5.74) is 5.74. The lowest BCUT2D eigenvalue weighted by molar-refractivity contribution is 0.577. The molecule has 2 rings (SSSR count). The Kier molecular flexibility index (Phi) is 3.26. The molecular formula is C9H12N6O2S. The van der Waals surface area contributed by atoms with E-state index in [1.165, 1.54) is 24.8 Å². The van der Waals surface area contributed by atoms with Gasteiger partial charge < -0.3 is 10.3 Å². The van der Waals surface area contributed by atoms with Crippen LogP contribution in [0.25, 0.3) is 0 Å². The van der Waals surface area contributed by atoms with Crippen LogP contribution in [0.5, 0.6) is 0 Å². The zero-order valence-electron chi connectivity index (χ0n) is 9.61. The number of nitrogens with two attached hydrogens (primary N) is 1. The molecule has 0 spiro atoms. The van der Waals surface area contributed by atoms with Crippen LogP contribution in [-0.4, -0.2) is 28.2 Å². The van der Waals surface area contributed by atoms with Crippen molar-refractivity contribution in [2.24, 2.45) is 7.05 Å². The van der Waals surface area contributed by atoms with Crippen LogP contribution in [0.1, 0.15) is 5.82 Å². The highest BCUT2D eigenvalue weighted by Gasteiger charge is 2.18. The number of nitrogens with zero attached hydrogens (tertiary/aromatic N) is 4. The molecule has 0 aromatic carbocycles. The van der Waals surface area contributed by atoms with Crippen molar-refractivity contribution in [2.75, 3.05) is 5.73 Å². The van der Waals surface area contributed by atoms with Crippen molar-refractivity contribution in [3.8, 4) is 0 Å². The normalized spacial score (nSPS) is 11.6. The van der Waals surface area contributed by atoms with E-state index >= 15 is 0 Å². The minimum absolute atomic E-state index is 0.0349. The van der Waals surface area contributed by atoms with Crippen LogP contribution in [0.15, 0.2) is 29.7 Å². The van der Waals surface area contributed by atoms with E-state index < -0.39 is 10.0 Å². The van der Waals surface area contributed by atoms with Gasteiger partial charge in [-0.05, 0) is 6.07 Å². The first-order chi connectivity index (χ1) is 8.50. The third-order valence-corrected chi connectivity index (χ3v) is 3.78. The van der Waals surface area contributed by atoms with Crippen LogP contribution < -0.4 is 10.5 Å². The maximum Gasteiger partial charge on any atom is 0.244 e. The number of sulfonamides is 1. The van der Waals surface area contributed by atoms with Crippen LogP contribution in [0.2, 0.25) is 0 Å². The Labute approximate surface area is 104 Å². The second-order valence-electron chi connectivity index (χ2n) is 3.60. The van der Waals surface area contributed by atoms with Gasteiger partial charge in [0.1, 0.15) is 17.0 Å². The zero-order chi connectivity index (χ0) is 13.2. The van der Waals surface area contributed by atoms with Crippen molar-refractivity contribution >= 4 is 15.7 Å². The Hall–Kier alpha value is -2.00. The standard InChI is InChI=1S/C9H12N6O2S/c1-15-6-12-14-9(15)5-13-18(16,17)8-4-11-3-2-7(8)10/h2-4,6,13H,5H2,1H3,(H2,10,11). The molecule has 0 aliphatic carbocycles. The van der Waals surface area contributed by atoms with Crippen LogP contribution in [0.3, 0.4) is 0 Å². The molecule has 2 aromatic rings. The van der Waals surface area contributed by atoms with Gasteiger partial charge in [0.05, 0.1) is 12.2 Å². The second kappa shape index (κ2) is 4.70. The first-order valence-electron chi connectivity index (χ1n) is 5.03. The molecule has 0 unspecified atom stereocenters. The Morgan fingerprint density at radius 1 is 1.50 bits per heavy atom. The topological polar surface area (TPSA) is 116 Å². The van der Waals surface area contributed by atoms with Crippen LogP contribution in [-0.2, 0) is 23.6 Å². The van der Waals surface area contributed by atoms with Gasteiger partial charge in [-0.25, -0.2) is 13.1 Å². The number of hydrogen-bond acceptors (Lipinski definition) is 6. The van der Waals surface area contributed by atoms with Crippen molar-refractivity contribution in [3.63, 3.8) is 0 Å². The van der Waals surface area contributed by atoms with E-state index in [4.69, 9.17) is 5.73 Å². The van der Waals surface area contributed by atoms with Crippen molar-refractivity contribution in [1.82, 2.24) is 24.5 Å². The lowest BCUT2D eigenvalue weighted by atomic mass is 10.4. The Balaban J connectivity index is 2.19. The summed E-state index contributed by atoms with van der Waals surface area (Å²) in [6, 6.07) is 1.43. The molecule has 0 radical (unpaired) electrons. The van der Waals surface area contributed by atoms with Gasteiger partial charge in [0.25, 0.3) is 0 Å². The van der Waals surface area contributed by atoms with Gasteiger partial charge in [0, 0.05) is 19.4 Å². The third kappa shape index (κ3) is 2.46. The molecule has 0 fully saturated rings. The molecule has 0 saturated heterocycles. The summed E-state index contributed by atoms with van der Waals surface area (Å²) in [6.07, 6.45) is 4.12. The molecule has 9 heteroatoms.